The summed E-state index contributed by atoms with van der Waals surface area (Å²) in [5.41, 5.74) is -1.05. The summed E-state index contributed by atoms with van der Waals surface area (Å²) < 4.78 is 0. The van der Waals surface area contributed by atoms with Crippen molar-refractivity contribution in [3.63, 3.8) is 0 Å². The number of hydrogen-bond donors (Lipinski definition) is 0. The van der Waals surface area contributed by atoms with E-state index in [1.54, 1.807) is 0 Å². The Kier molecular flexibility index (Phi) is 3.23. The fourth-order valence-electron chi connectivity index (χ4n) is 2.18. The Morgan fingerprint density at radius 3 is 2.50 bits per heavy atom. The average Bonchev–Trinajstić information content (AvgIpc) is 2.64. The first-order chi connectivity index (χ1) is 9.40. The molecule has 0 bridgehead atoms. The van der Waals surface area contributed by atoms with E-state index in [2.05, 4.69) is 0 Å². The number of nitro benzene ring substituents is 1. The van der Waals surface area contributed by atoms with E-state index >= 15 is 0 Å². The van der Waals surface area contributed by atoms with Gasteiger partial charge in [-0.15, -0.1) is 0 Å². The molecular weight excluding hydrogens is 268 g/mol. The second-order valence-corrected chi connectivity index (χ2v) is 4.18. The summed E-state index contributed by atoms with van der Waals surface area (Å²) in [5.74, 6) is -3.41. The second-order valence-electron chi connectivity index (χ2n) is 4.18. The predicted octanol–water partition coefficient (Wildman–Crippen LogP) is -0.281. The molecule has 1 aliphatic heterocycles. The van der Waals surface area contributed by atoms with Crippen molar-refractivity contribution in [3.05, 3.63) is 39.4 Å². The largest absolute Gasteiger partial charge is 0.548 e. The van der Waals surface area contributed by atoms with Gasteiger partial charge in [-0.3, -0.25) is 24.6 Å². The molecule has 20 heavy (non-hydrogen) atoms. The van der Waals surface area contributed by atoms with Gasteiger partial charge in [0.1, 0.15) is 5.56 Å². The molecular formula is C12H9N2O6-. The zero-order valence-electron chi connectivity index (χ0n) is 10.4. The zero-order valence-corrected chi connectivity index (χ0v) is 10.4. The predicted molar refractivity (Wildman–Crippen MR) is 62.7 cm³/mol. The Hall–Kier alpha value is -2.77. The minimum Gasteiger partial charge on any atom is -0.548 e. The van der Waals surface area contributed by atoms with Gasteiger partial charge in [-0.05, 0) is 12.5 Å². The molecule has 8 nitrogen and oxygen atoms in total. The van der Waals surface area contributed by atoms with E-state index in [4.69, 9.17) is 0 Å². The Balaban J connectivity index is 2.59. The van der Waals surface area contributed by atoms with Crippen LogP contribution in [0.2, 0.25) is 0 Å². The maximum atomic E-state index is 12.1. The number of nitro groups is 1. The minimum absolute atomic E-state index is 0.0401. The molecule has 0 unspecified atom stereocenters. The molecule has 0 fully saturated rings. The van der Waals surface area contributed by atoms with Crippen LogP contribution in [-0.2, 0) is 4.79 Å². The van der Waals surface area contributed by atoms with Crippen molar-refractivity contribution >= 4 is 23.5 Å². The maximum Gasteiger partial charge on any atom is 0.282 e. The number of hydrogen-bond acceptors (Lipinski definition) is 6. The smallest absolute Gasteiger partial charge is 0.282 e. The van der Waals surface area contributed by atoms with Gasteiger partial charge in [0.25, 0.3) is 17.5 Å². The molecule has 0 spiro atoms. The lowest BCUT2D eigenvalue weighted by Crippen LogP contribution is -2.50. The summed E-state index contributed by atoms with van der Waals surface area (Å²) >= 11 is 0. The van der Waals surface area contributed by atoms with Gasteiger partial charge >= 0.3 is 0 Å². The third-order valence-electron chi connectivity index (χ3n) is 3.09. The quantitative estimate of drug-likeness (QED) is 0.424. The molecule has 0 N–H and O–H groups in total. The second kappa shape index (κ2) is 4.72. The summed E-state index contributed by atoms with van der Waals surface area (Å²) in [6.07, 6.45) is -0.0401. The maximum absolute atomic E-state index is 12.1. The Morgan fingerprint density at radius 1 is 1.35 bits per heavy atom. The van der Waals surface area contributed by atoms with Crippen molar-refractivity contribution in [1.29, 1.82) is 0 Å². The fraction of sp³-hybridized carbons (Fsp3) is 0.250. The third-order valence-corrected chi connectivity index (χ3v) is 3.09. The van der Waals surface area contributed by atoms with Crippen molar-refractivity contribution in [2.24, 2.45) is 0 Å². The Bertz CT molecular complexity index is 639. The summed E-state index contributed by atoms with van der Waals surface area (Å²) in [5, 5.41) is 21.9. The topological polar surface area (TPSA) is 121 Å². The SMILES string of the molecule is CC[C@@H](C(=O)[O-])N1C(=O)c2cccc([N+](=O)[O-])c2C1=O. The molecule has 1 heterocycles. The molecule has 1 aromatic rings. The molecule has 2 amide bonds. The van der Waals surface area contributed by atoms with Crippen molar-refractivity contribution in [2.45, 2.75) is 19.4 Å². The molecule has 0 saturated heterocycles. The molecule has 1 aliphatic rings. The number of carbonyl (C=O) groups excluding carboxylic acids is 3. The lowest BCUT2D eigenvalue weighted by Gasteiger charge is -2.25. The van der Waals surface area contributed by atoms with E-state index in [1.807, 2.05) is 0 Å². The first kappa shape index (κ1) is 13.7. The van der Waals surface area contributed by atoms with Gasteiger partial charge in [0, 0.05) is 6.07 Å². The normalized spacial score (nSPS) is 15.2. The highest BCUT2D eigenvalue weighted by Gasteiger charge is 2.44. The summed E-state index contributed by atoms with van der Waals surface area (Å²) in [6, 6.07) is 2.17. The fourth-order valence-corrected chi connectivity index (χ4v) is 2.18. The molecule has 8 heteroatoms. The van der Waals surface area contributed by atoms with E-state index < -0.39 is 34.4 Å². The van der Waals surface area contributed by atoms with E-state index in [9.17, 15) is 29.6 Å². The van der Waals surface area contributed by atoms with Crippen LogP contribution in [-0.4, -0.2) is 33.6 Å². The number of carbonyl (C=O) groups is 3. The Labute approximate surface area is 112 Å². The molecule has 104 valence electrons. The van der Waals surface area contributed by atoms with Crippen LogP contribution in [0.4, 0.5) is 5.69 Å². The van der Waals surface area contributed by atoms with Crippen LogP contribution in [0.15, 0.2) is 18.2 Å². The van der Waals surface area contributed by atoms with Crippen LogP contribution in [0.25, 0.3) is 0 Å². The zero-order chi connectivity index (χ0) is 15.0. The average molecular weight is 277 g/mol. The lowest BCUT2D eigenvalue weighted by molar-refractivity contribution is -0.385. The van der Waals surface area contributed by atoms with Gasteiger partial charge in [-0.2, -0.15) is 0 Å². The molecule has 2 rings (SSSR count). The van der Waals surface area contributed by atoms with Gasteiger partial charge in [0.15, 0.2) is 0 Å². The van der Waals surface area contributed by atoms with Gasteiger partial charge in [0.05, 0.1) is 22.5 Å². The number of carboxylic acid groups (broad SMARTS) is 1. The lowest BCUT2D eigenvalue weighted by atomic mass is 10.1. The van der Waals surface area contributed by atoms with Crippen LogP contribution in [0.1, 0.15) is 34.1 Å². The van der Waals surface area contributed by atoms with Gasteiger partial charge in [-0.1, -0.05) is 13.0 Å². The highest BCUT2D eigenvalue weighted by Crippen LogP contribution is 2.32. The number of amides is 2. The number of rotatable bonds is 4. The summed E-state index contributed by atoms with van der Waals surface area (Å²) in [6.45, 7) is 1.47. The van der Waals surface area contributed by atoms with Crippen LogP contribution in [0.3, 0.4) is 0 Å². The van der Waals surface area contributed by atoms with Crippen LogP contribution >= 0.6 is 0 Å². The molecule has 0 saturated carbocycles. The molecule has 0 radical (unpaired) electrons. The number of benzene rings is 1. The van der Waals surface area contributed by atoms with Gasteiger partial charge in [-0.25, -0.2) is 0 Å². The van der Waals surface area contributed by atoms with Gasteiger partial charge < -0.3 is 9.90 Å². The van der Waals surface area contributed by atoms with E-state index in [-0.39, 0.29) is 17.5 Å². The molecule has 0 aliphatic carbocycles. The van der Waals surface area contributed by atoms with E-state index in [1.165, 1.54) is 19.1 Å². The standard InChI is InChI=1S/C12H10N2O6/c1-2-7(12(17)18)13-10(15)6-4-3-5-8(14(19)20)9(6)11(13)16/h3-5,7H,2H2,1H3,(H,17,18)/p-1/t7-/m0/s1. The monoisotopic (exact) mass is 277 g/mol. The number of carboxylic acids is 1. The number of fused-ring (bicyclic) bond motifs is 1. The van der Waals surface area contributed by atoms with Crippen LogP contribution in [0, 0.1) is 10.1 Å². The number of imide groups is 1. The van der Waals surface area contributed by atoms with E-state index in [0.29, 0.717) is 4.90 Å². The van der Waals surface area contributed by atoms with Crippen molar-refractivity contribution < 1.29 is 24.4 Å². The highest BCUT2D eigenvalue weighted by molar-refractivity contribution is 6.24. The minimum atomic E-state index is -1.58. The number of aliphatic carboxylic acids is 1. The Morgan fingerprint density at radius 2 is 2.00 bits per heavy atom. The first-order valence-corrected chi connectivity index (χ1v) is 5.76. The summed E-state index contributed by atoms with van der Waals surface area (Å²) in [7, 11) is 0. The van der Waals surface area contributed by atoms with Crippen LogP contribution < -0.4 is 5.11 Å². The highest BCUT2D eigenvalue weighted by atomic mass is 16.6. The molecule has 1 aromatic carbocycles. The van der Waals surface area contributed by atoms with Crippen molar-refractivity contribution in [2.75, 3.05) is 0 Å². The van der Waals surface area contributed by atoms with Crippen molar-refractivity contribution in [3.8, 4) is 0 Å². The first-order valence-electron chi connectivity index (χ1n) is 5.76. The van der Waals surface area contributed by atoms with Gasteiger partial charge in [0.2, 0.25) is 0 Å². The molecule has 1 atom stereocenters. The number of nitrogens with zero attached hydrogens (tertiary/aromatic N) is 2. The third kappa shape index (κ3) is 1.81. The molecule has 0 aromatic heterocycles. The van der Waals surface area contributed by atoms with Crippen molar-refractivity contribution in [1.82, 2.24) is 4.90 Å². The van der Waals surface area contributed by atoms with E-state index in [0.717, 1.165) is 6.07 Å². The summed E-state index contributed by atoms with van der Waals surface area (Å²) in [4.78, 5) is 45.8. The van der Waals surface area contributed by atoms with Crippen LogP contribution in [0.5, 0.6) is 0 Å².